The Morgan fingerprint density at radius 3 is 2.03 bits per heavy atom. The summed E-state index contributed by atoms with van der Waals surface area (Å²) in [6, 6.07) is 9.43. The van der Waals surface area contributed by atoms with Crippen molar-refractivity contribution < 1.29 is 50.1 Å². The van der Waals surface area contributed by atoms with Crippen LogP contribution >= 0.6 is 0 Å². The van der Waals surface area contributed by atoms with E-state index < -0.39 is 48.6 Å². The highest BCUT2D eigenvalue weighted by Gasteiger charge is 2.50. The van der Waals surface area contributed by atoms with Crippen LogP contribution in [-0.2, 0) is 19.9 Å². The van der Waals surface area contributed by atoms with Gasteiger partial charge in [0.15, 0.2) is 11.7 Å². The molecule has 1 heterocycles. The number of aliphatic hydroxyl groups excluding tert-OH is 5. The number of aliphatic carboxylic acids is 1. The molecule has 11 heteroatoms. The van der Waals surface area contributed by atoms with Crippen molar-refractivity contribution in [1.82, 2.24) is 5.32 Å². The normalized spacial score (nSPS) is 28.1. The topological polar surface area (TPSA) is 197 Å². The molecule has 214 valence electrons. The fourth-order valence-corrected chi connectivity index (χ4v) is 5.88. The van der Waals surface area contributed by atoms with Crippen molar-refractivity contribution in [3.8, 4) is 0 Å². The molecule has 2 saturated carbocycles. The number of hydrogen-bond donors (Lipinski definition) is 8. The number of carboxylic acid groups (broad SMARTS) is 1. The minimum Gasteiger partial charge on any atom is -0.479 e. The predicted molar refractivity (Wildman–Crippen MR) is 135 cm³/mol. The van der Waals surface area contributed by atoms with E-state index in [1.165, 1.54) is 6.42 Å². The van der Waals surface area contributed by atoms with Crippen molar-refractivity contribution in [2.75, 3.05) is 19.7 Å². The Bertz CT molecular complexity index is 873. The van der Waals surface area contributed by atoms with Crippen molar-refractivity contribution in [3.05, 3.63) is 35.9 Å². The van der Waals surface area contributed by atoms with Crippen LogP contribution in [0.15, 0.2) is 30.3 Å². The molecule has 2 unspecified atom stereocenters. The van der Waals surface area contributed by atoms with Gasteiger partial charge < -0.3 is 45.8 Å². The van der Waals surface area contributed by atoms with E-state index in [1.54, 1.807) is 0 Å². The summed E-state index contributed by atoms with van der Waals surface area (Å²) in [6.45, 7) is 0.994. The number of aliphatic hydroxyl groups is 6. The summed E-state index contributed by atoms with van der Waals surface area (Å²) in [5.41, 5.74) is -0.817. The lowest BCUT2D eigenvalue weighted by molar-refractivity contribution is -0.189. The van der Waals surface area contributed by atoms with Gasteiger partial charge in [0.2, 0.25) is 0 Å². The molecule has 0 radical (unpaired) electrons. The van der Waals surface area contributed by atoms with Crippen molar-refractivity contribution in [2.45, 2.75) is 81.1 Å². The van der Waals surface area contributed by atoms with Gasteiger partial charge in [0.1, 0.15) is 24.4 Å². The van der Waals surface area contributed by atoms with Gasteiger partial charge in [0, 0.05) is 30.8 Å². The summed E-state index contributed by atoms with van der Waals surface area (Å²) in [5.74, 6) is -1.41. The van der Waals surface area contributed by atoms with Gasteiger partial charge in [-0.25, -0.2) is 9.59 Å². The molecule has 4 rings (SSSR count). The first-order chi connectivity index (χ1) is 18.1. The molecule has 38 heavy (non-hydrogen) atoms. The Labute approximate surface area is 222 Å². The molecular formula is C27H41NO10. The van der Waals surface area contributed by atoms with E-state index in [1.807, 2.05) is 30.3 Å². The Hall–Kier alpha value is -2.12. The Morgan fingerprint density at radius 2 is 1.50 bits per heavy atom. The standard InChI is InChI=1S/C21H29NO3.C6H12O7/c23-20(25-19-15-7-6-8-16(19)14-22-13-15)21(24,18-11-4-5-12-18)17-9-2-1-3-10-17;7-1-2(8)3(9)4(10)5(11)6(12)13/h1-3,9-10,15-16,18-19,22,24H,4-8,11-14H2;2-5,7-11H,1H2,(H,12,13)/t15?,16?,19?,21-;2-,3-,4+,5-/m01/s1. The monoisotopic (exact) mass is 539 g/mol. The second-order valence-electron chi connectivity index (χ2n) is 10.6. The number of carbonyl (C=O) groups is 2. The maximum Gasteiger partial charge on any atom is 0.343 e. The second-order valence-corrected chi connectivity index (χ2v) is 10.6. The zero-order valence-electron chi connectivity index (χ0n) is 21.4. The predicted octanol–water partition coefficient (Wildman–Crippen LogP) is -0.497. The highest BCUT2D eigenvalue weighted by molar-refractivity contribution is 5.82. The van der Waals surface area contributed by atoms with Crippen LogP contribution in [-0.4, -0.2) is 97.9 Å². The molecule has 11 nitrogen and oxygen atoms in total. The molecule has 1 aromatic rings. The van der Waals surface area contributed by atoms with Crippen molar-refractivity contribution in [1.29, 1.82) is 0 Å². The molecule has 0 spiro atoms. The van der Waals surface area contributed by atoms with Crippen LogP contribution in [0.25, 0.3) is 0 Å². The average Bonchev–Trinajstić information content (AvgIpc) is 3.47. The molecular weight excluding hydrogens is 498 g/mol. The number of carboxylic acids is 1. The van der Waals surface area contributed by atoms with E-state index in [4.69, 9.17) is 35.4 Å². The number of carbonyl (C=O) groups excluding carboxylic acids is 1. The number of fused-ring (bicyclic) bond motifs is 2. The number of piperidine rings is 1. The molecule has 0 amide bonds. The van der Waals surface area contributed by atoms with E-state index in [2.05, 4.69) is 5.32 Å². The summed E-state index contributed by atoms with van der Waals surface area (Å²) in [7, 11) is 0. The molecule has 2 bridgehead atoms. The van der Waals surface area contributed by atoms with Gasteiger partial charge in [-0.15, -0.1) is 0 Å². The molecule has 7 atom stereocenters. The molecule has 0 aromatic heterocycles. The molecule has 8 N–H and O–H groups in total. The van der Waals surface area contributed by atoms with Gasteiger partial charge in [-0.1, -0.05) is 49.6 Å². The number of hydrogen-bond acceptors (Lipinski definition) is 10. The summed E-state index contributed by atoms with van der Waals surface area (Å²) in [4.78, 5) is 23.4. The van der Waals surface area contributed by atoms with Crippen LogP contribution in [0.5, 0.6) is 0 Å². The number of benzene rings is 1. The first kappa shape index (κ1) is 30.4. The van der Waals surface area contributed by atoms with E-state index in [0.717, 1.165) is 51.6 Å². The summed E-state index contributed by atoms with van der Waals surface area (Å²) in [5, 5.41) is 66.8. The highest BCUT2D eigenvalue weighted by Crippen LogP contribution is 2.43. The van der Waals surface area contributed by atoms with Gasteiger partial charge in [0.05, 0.1) is 6.61 Å². The van der Waals surface area contributed by atoms with Crippen LogP contribution in [0, 0.1) is 17.8 Å². The van der Waals surface area contributed by atoms with Gasteiger partial charge in [-0.05, 0) is 31.2 Å². The van der Waals surface area contributed by atoms with Gasteiger partial charge in [-0.2, -0.15) is 0 Å². The lowest BCUT2D eigenvalue weighted by Crippen LogP contribution is -2.54. The minimum atomic E-state index is -2.20. The highest BCUT2D eigenvalue weighted by atomic mass is 16.6. The van der Waals surface area contributed by atoms with Crippen LogP contribution in [0.2, 0.25) is 0 Å². The zero-order chi connectivity index (χ0) is 27.9. The number of rotatable bonds is 9. The van der Waals surface area contributed by atoms with E-state index in [9.17, 15) is 14.7 Å². The van der Waals surface area contributed by atoms with E-state index >= 15 is 0 Å². The summed E-state index contributed by atoms with van der Waals surface area (Å²) in [6.07, 6.45) is -0.522. The van der Waals surface area contributed by atoms with Crippen LogP contribution in [0.3, 0.4) is 0 Å². The van der Waals surface area contributed by atoms with Crippen molar-refractivity contribution >= 4 is 11.9 Å². The SMILES string of the molecule is O=C(O)[C@H](O)[C@@H](O)[C@H](O)[C@H](O)CO.O=C(OC1C2CCCC1CNC2)[C@](O)(c1ccccc1)C1CCCC1. The third-order valence-electron chi connectivity index (χ3n) is 8.11. The molecule has 1 aromatic carbocycles. The van der Waals surface area contributed by atoms with Gasteiger partial charge in [-0.3, -0.25) is 0 Å². The Kier molecular flexibility index (Phi) is 11.0. The third kappa shape index (κ3) is 6.90. The van der Waals surface area contributed by atoms with Crippen LogP contribution < -0.4 is 5.32 Å². The van der Waals surface area contributed by atoms with Crippen molar-refractivity contribution in [3.63, 3.8) is 0 Å². The number of nitrogens with one attached hydrogen (secondary N) is 1. The number of ether oxygens (including phenoxy) is 1. The first-order valence-corrected chi connectivity index (χ1v) is 13.4. The molecule has 2 aliphatic carbocycles. The zero-order valence-corrected chi connectivity index (χ0v) is 21.4. The number of esters is 1. The quantitative estimate of drug-likeness (QED) is 0.188. The largest absolute Gasteiger partial charge is 0.479 e. The Morgan fingerprint density at radius 1 is 0.921 bits per heavy atom. The summed E-state index contributed by atoms with van der Waals surface area (Å²) >= 11 is 0. The maximum atomic E-state index is 13.3. The van der Waals surface area contributed by atoms with Gasteiger partial charge in [0.25, 0.3) is 0 Å². The smallest absolute Gasteiger partial charge is 0.343 e. The molecule has 1 saturated heterocycles. The maximum absolute atomic E-state index is 13.3. The third-order valence-corrected chi connectivity index (χ3v) is 8.11. The molecule has 3 fully saturated rings. The van der Waals surface area contributed by atoms with Gasteiger partial charge >= 0.3 is 11.9 Å². The fourth-order valence-electron chi connectivity index (χ4n) is 5.88. The van der Waals surface area contributed by atoms with E-state index in [0.29, 0.717) is 17.4 Å². The lowest BCUT2D eigenvalue weighted by atomic mass is 9.75. The van der Waals surface area contributed by atoms with Crippen molar-refractivity contribution in [2.24, 2.45) is 17.8 Å². The van der Waals surface area contributed by atoms with E-state index in [-0.39, 0.29) is 12.0 Å². The Balaban J connectivity index is 0.000000263. The average molecular weight is 540 g/mol. The molecule has 1 aliphatic heterocycles. The van der Waals surface area contributed by atoms with Crippen LogP contribution in [0.4, 0.5) is 0 Å². The lowest BCUT2D eigenvalue weighted by Gasteiger charge is -2.43. The first-order valence-electron chi connectivity index (χ1n) is 13.4. The summed E-state index contributed by atoms with van der Waals surface area (Å²) < 4.78 is 6.06. The minimum absolute atomic E-state index is 0.0380. The van der Waals surface area contributed by atoms with Crippen LogP contribution in [0.1, 0.15) is 50.5 Å². The fraction of sp³-hybridized carbons (Fsp3) is 0.704. The second kappa shape index (κ2) is 13.8. The molecule has 3 aliphatic rings.